The van der Waals surface area contributed by atoms with Crippen molar-refractivity contribution in [1.82, 2.24) is 0 Å². The summed E-state index contributed by atoms with van der Waals surface area (Å²) in [6, 6.07) is 1.94. The Morgan fingerprint density at radius 1 is 1.70 bits per heavy atom. The lowest BCUT2D eigenvalue weighted by Gasteiger charge is -1.87. The van der Waals surface area contributed by atoms with E-state index in [-0.39, 0.29) is 5.78 Å². The van der Waals surface area contributed by atoms with Crippen LogP contribution in [0.15, 0.2) is 11.4 Å². The van der Waals surface area contributed by atoms with Gasteiger partial charge in [-0.2, -0.15) is 0 Å². The van der Waals surface area contributed by atoms with E-state index in [2.05, 4.69) is 0 Å². The van der Waals surface area contributed by atoms with Crippen LogP contribution in [0.2, 0.25) is 0 Å². The highest BCUT2D eigenvalue weighted by atomic mass is 32.1. The first kappa shape index (κ1) is 7.48. The predicted molar refractivity (Wildman–Crippen MR) is 43.7 cm³/mol. The van der Waals surface area contributed by atoms with E-state index < -0.39 is 0 Å². The lowest BCUT2D eigenvalue weighted by molar-refractivity contribution is 0.0988. The Hall–Kier alpha value is -0.630. The van der Waals surface area contributed by atoms with Crippen molar-refractivity contribution in [1.29, 1.82) is 0 Å². The fourth-order valence-electron chi connectivity index (χ4n) is 0.794. The molecule has 0 N–H and O–H groups in total. The molecule has 0 atom stereocenters. The van der Waals surface area contributed by atoms with Crippen LogP contribution in [-0.4, -0.2) is 5.78 Å². The molecule has 0 unspecified atom stereocenters. The molecule has 0 fully saturated rings. The number of hydrogen-bond donors (Lipinski definition) is 0. The van der Waals surface area contributed by atoms with E-state index in [1.807, 2.05) is 25.3 Å². The van der Waals surface area contributed by atoms with Gasteiger partial charge in [0, 0.05) is 22.2 Å². The Kier molecular flexibility index (Phi) is 2.22. The fraction of sp³-hybridized carbons (Fsp3) is 0.375. The molecule has 0 aliphatic heterocycles. The van der Waals surface area contributed by atoms with Crippen molar-refractivity contribution in [2.45, 2.75) is 20.3 Å². The van der Waals surface area contributed by atoms with E-state index in [0.29, 0.717) is 6.42 Å². The minimum absolute atomic E-state index is 0.240. The number of carbonyl (C=O) groups is 1. The van der Waals surface area contributed by atoms with Gasteiger partial charge in [0.25, 0.3) is 0 Å². The van der Waals surface area contributed by atoms with Crippen LogP contribution in [0.5, 0.6) is 0 Å². The maximum atomic E-state index is 11.0. The van der Waals surface area contributed by atoms with Gasteiger partial charge in [-0.05, 0) is 13.0 Å². The first-order valence-electron chi connectivity index (χ1n) is 3.32. The van der Waals surface area contributed by atoms with Crippen molar-refractivity contribution in [3.63, 3.8) is 0 Å². The minimum atomic E-state index is 0.240. The third-order valence-electron chi connectivity index (χ3n) is 1.37. The standard InChI is InChI=1S/C8H10OS/c1-3-8(9)7-4-6(2)10-5-7/h4-5H,3H2,1-2H3. The largest absolute Gasteiger partial charge is 0.294 e. The number of hydrogen-bond acceptors (Lipinski definition) is 2. The van der Waals surface area contributed by atoms with Gasteiger partial charge in [-0.15, -0.1) is 11.3 Å². The molecule has 1 aromatic heterocycles. The van der Waals surface area contributed by atoms with Gasteiger partial charge in [0.15, 0.2) is 5.78 Å². The summed E-state index contributed by atoms with van der Waals surface area (Å²) in [4.78, 5) is 12.2. The maximum absolute atomic E-state index is 11.0. The minimum Gasteiger partial charge on any atom is -0.294 e. The smallest absolute Gasteiger partial charge is 0.163 e. The molecular formula is C8H10OS. The van der Waals surface area contributed by atoms with E-state index in [9.17, 15) is 4.79 Å². The molecular weight excluding hydrogens is 144 g/mol. The molecule has 2 heteroatoms. The number of Topliss-reactive ketones (excluding diaryl/α,β-unsaturated/α-hetero) is 1. The lowest BCUT2D eigenvalue weighted by atomic mass is 10.2. The molecule has 0 amide bonds. The molecule has 0 radical (unpaired) electrons. The summed E-state index contributed by atoms with van der Waals surface area (Å²) in [5.74, 6) is 0.240. The van der Waals surface area contributed by atoms with Crippen LogP contribution in [-0.2, 0) is 0 Å². The van der Waals surface area contributed by atoms with Crippen LogP contribution in [0.1, 0.15) is 28.6 Å². The molecule has 1 rings (SSSR count). The second-order valence-corrected chi connectivity index (χ2v) is 3.34. The van der Waals surface area contributed by atoms with Crippen LogP contribution in [0, 0.1) is 6.92 Å². The van der Waals surface area contributed by atoms with Crippen molar-refractivity contribution < 1.29 is 4.79 Å². The Balaban J connectivity index is 2.85. The Bertz CT molecular complexity index is 237. The summed E-state index contributed by atoms with van der Waals surface area (Å²) in [6.07, 6.45) is 0.607. The van der Waals surface area contributed by atoms with Crippen LogP contribution in [0.25, 0.3) is 0 Å². The van der Waals surface area contributed by atoms with Gasteiger partial charge in [-0.25, -0.2) is 0 Å². The molecule has 1 nitrogen and oxygen atoms in total. The van der Waals surface area contributed by atoms with Gasteiger partial charge in [-0.1, -0.05) is 6.92 Å². The van der Waals surface area contributed by atoms with Gasteiger partial charge in [0.1, 0.15) is 0 Å². The van der Waals surface area contributed by atoms with Crippen LogP contribution < -0.4 is 0 Å². The molecule has 0 aromatic carbocycles. The second kappa shape index (κ2) is 2.97. The van der Waals surface area contributed by atoms with E-state index in [0.717, 1.165) is 5.56 Å². The van der Waals surface area contributed by atoms with E-state index >= 15 is 0 Å². The molecule has 0 bridgehead atoms. The number of thiophene rings is 1. The highest BCUT2D eigenvalue weighted by Crippen LogP contribution is 2.14. The topological polar surface area (TPSA) is 17.1 Å². The normalized spacial score (nSPS) is 9.80. The van der Waals surface area contributed by atoms with Gasteiger partial charge in [-0.3, -0.25) is 4.79 Å². The summed E-state index contributed by atoms with van der Waals surface area (Å²) in [5.41, 5.74) is 0.866. The first-order valence-corrected chi connectivity index (χ1v) is 4.20. The number of aryl methyl sites for hydroxylation is 1. The molecule has 1 heterocycles. The molecule has 0 saturated heterocycles. The van der Waals surface area contributed by atoms with Crippen molar-refractivity contribution in [2.24, 2.45) is 0 Å². The Morgan fingerprint density at radius 3 is 2.80 bits per heavy atom. The van der Waals surface area contributed by atoms with E-state index in [4.69, 9.17) is 0 Å². The van der Waals surface area contributed by atoms with Crippen molar-refractivity contribution >= 4 is 17.1 Å². The SMILES string of the molecule is CCC(=O)c1csc(C)c1. The fourth-order valence-corrected chi connectivity index (χ4v) is 1.50. The summed E-state index contributed by atoms with van der Waals surface area (Å²) in [6.45, 7) is 3.90. The highest BCUT2D eigenvalue weighted by molar-refractivity contribution is 7.10. The summed E-state index contributed by atoms with van der Waals surface area (Å²) < 4.78 is 0. The summed E-state index contributed by atoms with van der Waals surface area (Å²) >= 11 is 1.63. The van der Waals surface area contributed by atoms with Crippen LogP contribution in [0.4, 0.5) is 0 Å². The predicted octanol–water partition coefficient (Wildman–Crippen LogP) is 2.65. The molecule has 10 heavy (non-hydrogen) atoms. The van der Waals surface area contributed by atoms with Gasteiger partial charge < -0.3 is 0 Å². The summed E-state index contributed by atoms with van der Waals surface area (Å²) in [7, 11) is 0. The third kappa shape index (κ3) is 1.45. The van der Waals surface area contributed by atoms with Crippen molar-refractivity contribution in [2.75, 3.05) is 0 Å². The van der Waals surface area contributed by atoms with Crippen molar-refractivity contribution in [3.8, 4) is 0 Å². The zero-order valence-corrected chi connectivity index (χ0v) is 6.99. The van der Waals surface area contributed by atoms with Gasteiger partial charge in [0.05, 0.1) is 0 Å². The molecule has 0 spiro atoms. The number of ketones is 1. The average Bonchev–Trinajstić information content (AvgIpc) is 2.34. The zero-order chi connectivity index (χ0) is 7.56. The Labute approximate surface area is 64.7 Å². The first-order chi connectivity index (χ1) is 4.74. The monoisotopic (exact) mass is 154 g/mol. The lowest BCUT2D eigenvalue weighted by Crippen LogP contribution is -1.92. The van der Waals surface area contributed by atoms with Crippen LogP contribution >= 0.6 is 11.3 Å². The maximum Gasteiger partial charge on any atom is 0.163 e. The molecule has 0 saturated carbocycles. The highest BCUT2D eigenvalue weighted by Gasteiger charge is 2.02. The van der Waals surface area contributed by atoms with Crippen LogP contribution in [0.3, 0.4) is 0 Å². The van der Waals surface area contributed by atoms with E-state index in [1.54, 1.807) is 11.3 Å². The third-order valence-corrected chi connectivity index (χ3v) is 2.24. The summed E-state index contributed by atoms with van der Waals surface area (Å²) in [5, 5.41) is 1.92. The van der Waals surface area contributed by atoms with Gasteiger partial charge in [0.2, 0.25) is 0 Å². The van der Waals surface area contributed by atoms with Gasteiger partial charge >= 0.3 is 0 Å². The number of rotatable bonds is 2. The zero-order valence-electron chi connectivity index (χ0n) is 6.18. The molecule has 0 aliphatic rings. The second-order valence-electron chi connectivity index (χ2n) is 2.22. The molecule has 1 aromatic rings. The number of carbonyl (C=O) groups excluding carboxylic acids is 1. The van der Waals surface area contributed by atoms with E-state index in [1.165, 1.54) is 4.88 Å². The molecule has 0 aliphatic carbocycles. The quantitative estimate of drug-likeness (QED) is 0.598. The molecule has 54 valence electrons. The van der Waals surface area contributed by atoms with Crippen molar-refractivity contribution in [3.05, 3.63) is 21.9 Å². The average molecular weight is 154 g/mol. The Morgan fingerprint density at radius 2 is 2.40 bits per heavy atom.